The van der Waals surface area contributed by atoms with Crippen LogP contribution in [0.25, 0.3) is 6.08 Å². The summed E-state index contributed by atoms with van der Waals surface area (Å²) in [4.78, 5) is 10.4. The van der Waals surface area contributed by atoms with Crippen molar-refractivity contribution in [3.05, 3.63) is 23.4 Å². The average molecular weight is 304 g/mol. The fourth-order valence-corrected chi connectivity index (χ4v) is 2.07. The van der Waals surface area contributed by atoms with Gasteiger partial charge in [-0.25, -0.2) is 9.97 Å². The highest BCUT2D eigenvalue weighted by molar-refractivity contribution is 6.55. The highest BCUT2D eigenvalue weighted by atomic mass is 16.7. The Morgan fingerprint density at radius 2 is 1.68 bits per heavy atom. The Kier molecular flexibility index (Phi) is 4.61. The van der Waals surface area contributed by atoms with Gasteiger partial charge < -0.3 is 19.9 Å². The zero-order valence-electron chi connectivity index (χ0n) is 14.3. The molecule has 0 aliphatic carbocycles. The van der Waals surface area contributed by atoms with Gasteiger partial charge in [-0.2, -0.15) is 0 Å². The van der Waals surface area contributed by atoms with Crippen molar-refractivity contribution in [3.63, 3.8) is 0 Å². The summed E-state index contributed by atoms with van der Waals surface area (Å²) >= 11 is 0. The zero-order valence-corrected chi connectivity index (χ0v) is 14.3. The van der Waals surface area contributed by atoms with E-state index in [2.05, 4.69) is 9.97 Å². The molecule has 1 aliphatic rings. The largest absolute Gasteiger partial charge is 0.491 e. The van der Waals surface area contributed by atoms with E-state index >= 15 is 0 Å². The lowest BCUT2D eigenvalue weighted by atomic mass is 9.77. The zero-order chi connectivity index (χ0) is 16.5. The normalized spacial score (nSPS) is 20.3. The molecule has 1 aromatic rings. The molecule has 2 rings (SSSR count). The third-order valence-electron chi connectivity index (χ3n) is 4.20. The van der Waals surface area contributed by atoms with E-state index in [9.17, 15) is 0 Å². The lowest BCUT2D eigenvalue weighted by Gasteiger charge is -2.32. The SMILES string of the molecule is CN(C)c1ncc(C=C(CN)B2OC(C)(C)C(C)(C)O2)cn1. The standard InChI is InChI=1S/C15H25BN4O2/c1-14(2)15(3,4)22-16(21-14)12(8-17)7-11-9-18-13(19-10-11)20(5)6/h7,9-10H,8,17H2,1-6H3. The Morgan fingerprint density at radius 3 is 2.09 bits per heavy atom. The molecule has 0 saturated carbocycles. The van der Waals surface area contributed by atoms with Crippen molar-refractivity contribution in [2.45, 2.75) is 38.9 Å². The van der Waals surface area contributed by atoms with Crippen LogP contribution in [-0.4, -0.2) is 48.9 Å². The van der Waals surface area contributed by atoms with Gasteiger partial charge >= 0.3 is 7.12 Å². The number of rotatable bonds is 4. The molecule has 6 nitrogen and oxygen atoms in total. The second-order valence-corrected chi connectivity index (χ2v) is 6.72. The Balaban J connectivity index is 2.22. The molecule has 1 aliphatic heterocycles. The van der Waals surface area contributed by atoms with Crippen LogP contribution in [0.4, 0.5) is 5.95 Å². The summed E-state index contributed by atoms with van der Waals surface area (Å²) < 4.78 is 12.1. The first-order valence-corrected chi connectivity index (χ1v) is 7.42. The van der Waals surface area contributed by atoms with Crippen molar-refractivity contribution in [3.8, 4) is 0 Å². The third kappa shape index (κ3) is 3.32. The quantitative estimate of drug-likeness (QED) is 0.850. The molecule has 1 fully saturated rings. The van der Waals surface area contributed by atoms with Gasteiger partial charge in [-0.05, 0) is 33.2 Å². The van der Waals surface area contributed by atoms with Gasteiger partial charge in [-0.1, -0.05) is 6.08 Å². The molecule has 0 amide bonds. The minimum absolute atomic E-state index is 0.353. The minimum Gasteiger partial charge on any atom is -0.400 e. The van der Waals surface area contributed by atoms with Crippen molar-refractivity contribution < 1.29 is 9.31 Å². The topological polar surface area (TPSA) is 73.5 Å². The van der Waals surface area contributed by atoms with Crippen LogP contribution in [0.3, 0.4) is 0 Å². The van der Waals surface area contributed by atoms with E-state index in [1.807, 2.05) is 52.8 Å². The lowest BCUT2D eigenvalue weighted by molar-refractivity contribution is 0.00578. The van der Waals surface area contributed by atoms with E-state index < -0.39 is 7.12 Å². The van der Waals surface area contributed by atoms with Gasteiger partial charge in [0.15, 0.2) is 0 Å². The molecule has 120 valence electrons. The van der Waals surface area contributed by atoms with Crippen LogP contribution in [0, 0.1) is 0 Å². The van der Waals surface area contributed by atoms with E-state index in [-0.39, 0.29) is 11.2 Å². The molecular formula is C15H25BN4O2. The first kappa shape index (κ1) is 16.9. The Labute approximate surface area is 132 Å². The molecule has 1 saturated heterocycles. The summed E-state index contributed by atoms with van der Waals surface area (Å²) in [5.41, 5.74) is 6.87. The summed E-state index contributed by atoms with van der Waals surface area (Å²) in [7, 11) is 3.37. The summed E-state index contributed by atoms with van der Waals surface area (Å²) in [5.74, 6) is 0.669. The fourth-order valence-electron chi connectivity index (χ4n) is 2.07. The van der Waals surface area contributed by atoms with E-state index in [1.165, 1.54) is 0 Å². The Bertz CT molecular complexity index is 539. The molecule has 0 spiro atoms. The number of nitrogens with two attached hydrogens (primary N) is 1. The lowest BCUT2D eigenvalue weighted by Crippen LogP contribution is -2.41. The number of hydrogen-bond acceptors (Lipinski definition) is 6. The van der Waals surface area contributed by atoms with Crippen molar-refractivity contribution in [1.29, 1.82) is 0 Å². The fraction of sp³-hybridized carbons (Fsp3) is 0.600. The van der Waals surface area contributed by atoms with Gasteiger partial charge in [-0.15, -0.1) is 0 Å². The second kappa shape index (κ2) is 5.99. The summed E-state index contributed by atoms with van der Waals surface area (Å²) in [6.45, 7) is 8.45. The number of aromatic nitrogens is 2. The molecular weight excluding hydrogens is 279 g/mol. The maximum atomic E-state index is 6.03. The van der Waals surface area contributed by atoms with E-state index in [4.69, 9.17) is 15.0 Å². The molecule has 0 bridgehead atoms. The van der Waals surface area contributed by atoms with Gasteiger partial charge in [0.05, 0.1) is 11.2 Å². The van der Waals surface area contributed by atoms with Crippen LogP contribution in [0.1, 0.15) is 33.3 Å². The molecule has 22 heavy (non-hydrogen) atoms. The molecule has 2 N–H and O–H groups in total. The Morgan fingerprint density at radius 1 is 1.18 bits per heavy atom. The predicted octanol–water partition coefficient (Wildman–Crippen LogP) is 1.52. The van der Waals surface area contributed by atoms with Gasteiger partial charge in [0.2, 0.25) is 5.95 Å². The van der Waals surface area contributed by atoms with E-state index in [1.54, 1.807) is 12.4 Å². The van der Waals surface area contributed by atoms with Crippen molar-refractivity contribution in [2.24, 2.45) is 5.73 Å². The number of hydrogen-bond donors (Lipinski definition) is 1. The molecule has 0 atom stereocenters. The number of anilines is 1. The van der Waals surface area contributed by atoms with Crippen molar-refractivity contribution in [2.75, 3.05) is 25.5 Å². The molecule has 0 unspecified atom stereocenters. The molecule has 0 radical (unpaired) electrons. The summed E-state index contributed by atoms with van der Waals surface area (Å²) in [6, 6.07) is 0. The van der Waals surface area contributed by atoms with Crippen LogP contribution >= 0.6 is 0 Å². The third-order valence-corrected chi connectivity index (χ3v) is 4.20. The second-order valence-electron chi connectivity index (χ2n) is 6.72. The molecule has 1 aromatic heterocycles. The highest BCUT2D eigenvalue weighted by Crippen LogP contribution is 2.38. The number of nitrogens with zero attached hydrogens (tertiary/aromatic N) is 3. The maximum absolute atomic E-state index is 6.03. The van der Waals surface area contributed by atoms with Crippen LogP contribution in [0.15, 0.2) is 17.9 Å². The predicted molar refractivity (Wildman–Crippen MR) is 89.5 cm³/mol. The van der Waals surface area contributed by atoms with Crippen LogP contribution in [-0.2, 0) is 9.31 Å². The van der Waals surface area contributed by atoms with Crippen LogP contribution in [0.2, 0.25) is 0 Å². The first-order chi connectivity index (χ1) is 10.2. The summed E-state index contributed by atoms with van der Waals surface area (Å²) in [5, 5.41) is 0. The molecule has 2 heterocycles. The molecule has 7 heteroatoms. The van der Waals surface area contributed by atoms with Gasteiger partial charge in [0.1, 0.15) is 0 Å². The van der Waals surface area contributed by atoms with Gasteiger partial charge in [0, 0.05) is 38.6 Å². The molecule has 0 aromatic carbocycles. The average Bonchev–Trinajstić information content (AvgIpc) is 2.65. The Hall–Kier alpha value is -1.44. The minimum atomic E-state index is -0.441. The summed E-state index contributed by atoms with van der Waals surface area (Å²) in [6.07, 6.45) is 5.47. The van der Waals surface area contributed by atoms with Crippen molar-refractivity contribution >= 4 is 19.1 Å². The van der Waals surface area contributed by atoms with Crippen molar-refractivity contribution in [1.82, 2.24) is 9.97 Å². The van der Waals surface area contributed by atoms with E-state index in [0.29, 0.717) is 12.5 Å². The van der Waals surface area contributed by atoms with E-state index in [0.717, 1.165) is 11.0 Å². The smallest absolute Gasteiger partial charge is 0.400 e. The first-order valence-electron chi connectivity index (χ1n) is 7.42. The van der Waals surface area contributed by atoms with Crippen LogP contribution < -0.4 is 10.6 Å². The highest BCUT2D eigenvalue weighted by Gasteiger charge is 2.52. The monoisotopic (exact) mass is 304 g/mol. The van der Waals surface area contributed by atoms with Gasteiger partial charge in [0.25, 0.3) is 0 Å². The van der Waals surface area contributed by atoms with Gasteiger partial charge in [-0.3, -0.25) is 0 Å². The van der Waals surface area contributed by atoms with Crippen LogP contribution in [0.5, 0.6) is 0 Å². The maximum Gasteiger partial charge on any atom is 0.491 e.